The van der Waals surface area contributed by atoms with Crippen LogP contribution in [0.4, 0.5) is 0 Å². The predicted octanol–water partition coefficient (Wildman–Crippen LogP) is 3.74. The summed E-state index contributed by atoms with van der Waals surface area (Å²) in [5.41, 5.74) is 1.01. The van der Waals surface area contributed by atoms with Crippen molar-refractivity contribution in [2.75, 3.05) is 0 Å². The molecule has 94 valence electrons. The SMILES string of the molecule is CCCC(C)OCc1ccc(C(=O)O)cc1Cl. The van der Waals surface area contributed by atoms with Crippen LogP contribution < -0.4 is 0 Å². The van der Waals surface area contributed by atoms with E-state index in [4.69, 9.17) is 21.4 Å². The van der Waals surface area contributed by atoms with E-state index in [0.717, 1.165) is 18.4 Å². The predicted molar refractivity (Wildman–Crippen MR) is 67.6 cm³/mol. The van der Waals surface area contributed by atoms with Crippen LogP contribution in [0.15, 0.2) is 18.2 Å². The van der Waals surface area contributed by atoms with Gasteiger partial charge in [0.15, 0.2) is 0 Å². The molecule has 3 nitrogen and oxygen atoms in total. The zero-order valence-electron chi connectivity index (χ0n) is 10.1. The number of carbonyl (C=O) groups is 1. The third-order valence-corrected chi connectivity index (χ3v) is 2.87. The summed E-state index contributed by atoms with van der Waals surface area (Å²) in [6, 6.07) is 4.69. The van der Waals surface area contributed by atoms with Crippen LogP contribution in [0.25, 0.3) is 0 Å². The summed E-state index contributed by atoms with van der Waals surface area (Å²) in [5.74, 6) is -0.973. The largest absolute Gasteiger partial charge is 0.478 e. The Morgan fingerprint density at radius 2 is 2.24 bits per heavy atom. The molecule has 0 aliphatic heterocycles. The van der Waals surface area contributed by atoms with Crippen LogP contribution in [0.1, 0.15) is 42.6 Å². The lowest BCUT2D eigenvalue weighted by Gasteiger charge is -2.12. The van der Waals surface area contributed by atoms with Gasteiger partial charge in [-0.15, -0.1) is 0 Å². The summed E-state index contributed by atoms with van der Waals surface area (Å²) in [6.07, 6.45) is 2.27. The van der Waals surface area contributed by atoms with Gasteiger partial charge in [-0.2, -0.15) is 0 Å². The summed E-state index contributed by atoms with van der Waals surface area (Å²) in [6.45, 7) is 4.54. The van der Waals surface area contributed by atoms with Crippen molar-refractivity contribution in [3.63, 3.8) is 0 Å². The van der Waals surface area contributed by atoms with Crippen molar-refractivity contribution in [3.05, 3.63) is 34.3 Å². The van der Waals surface area contributed by atoms with Crippen LogP contribution in [0.3, 0.4) is 0 Å². The number of carboxylic acid groups (broad SMARTS) is 1. The number of rotatable bonds is 6. The van der Waals surface area contributed by atoms with Crippen molar-refractivity contribution in [1.82, 2.24) is 0 Å². The lowest BCUT2D eigenvalue weighted by molar-refractivity contribution is 0.0471. The average Bonchev–Trinajstić information content (AvgIpc) is 2.27. The molecular weight excluding hydrogens is 240 g/mol. The minimum absolute atomic E-state index is 0.190. The van der Waals surface area contributed by atoms with Gasteiger partial charge < -0.3 is 9.84 Å². The fourth-order valence-electron chi connectivity index (χ4n) is 1.52. The second-order valence-corrected chi connectivity index (χ2v) is 4.43. The highest BCUT2D eigenvalue weighted by Crippen LogP contribution is 2.19. The van der Waals surface area contributed by atoms with E-state index in [1.54, 1.807) is 6.07 Å². The molecule has 4 heteroatoms. The molecule has 0 spiro atoms. The molecule has 0 fully saturated rings. The zero-order chi connectivity index (χ0) is 12.8. The van der Waals surface area contributed by atoms with Gasteiger partial charge in [-0.25, -0.2) is 4.79 Å². The Hall–Kier alpha value is -1.06. The van der Waals surface area contributed by atoms with Crippen LogP contribution in [0, 0.1) is 0 Å². The quantitative estimate of drug-likeness (QED) is 0.843. The lowest BCUT2D eigenvalue weighted by atomic mass is 10.1. The molecule has 0 saturated heterocycles. The molecule has 0 aliphatic rings. The van der Waals surface area contributed by atoms with Crippen molar-refractivity contribution < 1.29 is 14.6 Å². The number of hydrogen-bond acceptors (Lipinski definition) is 2. The number of hydrogen-bond donors (Lipinski definition) is 1. The first-order valence-electron chi connectivity index (χ1n) is 5.68. The molecule has 1 unspecified atom stereocenters. The van der Waals surface area contributed by atoms with Gasteiger partial charge in [-0.1, -0.05) is 31.0 Å². The average molecular weight is 257 g/mol. The highest BCUT2D eigenvalue weighted by Gasteiger charge is 2.08. The molecule has 1 N–H and O–H groups in total. The molecule has 1 aromatic rings. The van der Waals surface area contributed by atoms with Gasteiger partial charge in [0.05, 0.1) is 18.3 Å². The van der Waals surface area contributed by atoms with Gasteiger partial charge in [0.25, 0.3) is 0 Å². The number of ether oxygens (including phenoxy) is 1. The van der Waals surface area contributed by atoms with E-state index in [9.17, 15) is 4.79 Å². The minimum atomic E-state index is -0.973. The van der Waals surface area contributed by atoms with Crippen LogP contribution in [-0.2, 0) is 11.3 Å². The summed E-state index contributed by atoms with van der Waals surface area (Å²) in [4.78, 5) is 10.7. The fraction of sp³-hybridized carbons (Fsp3) is 0.462. The summed E-state index contributed by atoms with van der Waals surface area (Å²) in [5, 5.41) is 9.24. The molecule has 17 heavy (non-hydrogen) atoms. The molecule has 0 aliphatic carbocycles. The molecule has 0 bridgehead atoms. The molecule has 1 aromatic carbocycles. The zero-order valence-corrected chi connectivity index (χ0v) is 10.8. The third-order valence-electron chi connectivity index (χ3n) is 2.52. The number of halogens is 1. The van der Waals surface area contributed by atoms with E-state index in [0.29, 0.717) is 11.6 Å². The normalized spacial score (nSPS) is 12.4. The molecule has 1 atom stereocenters. The third kappa shape index (κ3) is 4.36. The second kappa shape index (κ2) is 6.62. The van der Waals surface area contributed by atoms with E-state index >= 15 is 0 Å². The summed E-state index contributed by atoms with van der Waals surface area (Å²) in [7, 11) is 0. The Morgan fingerprint density at radius 3 is 2.76 bits per heavy atom. The Balaban J connectivity index is 2.63. The standard InChI is InChI=1S/C13H17ClO3/c1-3-4-9(2)17-8-11-6-5-10(13(15)16)7-12(11)14/h5-7,9H,3-4,8H2,1-2H3,(H,15,16). The van der Waals surface area contributed by atoms with E-state index in [1.165, 1.54) is 12.1 Å². The van der Waals surface area contributed by atoms with Crippen molar-refractivity contribution in [2.45, 2.75) is 39.4 Å². The number of aromatic carboxylic acids is 1. The van der Waals surface area contributed by atoms with Crippen LogP contribution in [0.5, 0.6) is 0 Å². The molecule has 0 radical (unpaired) electrons. The smallest absolute Gasteiger partial charge is 0.335 e. The molecule has 1 rings (SSSR count). The molecule has 0 aromatic heterocycles. The Bertz CT molecular complexity index is 390. The van der Waals surface area contributed by atoms with Crippen LogP contribution in [0.2, 0.25) is 5.02 Å². The maximum Gasteiger partial charge on any atom is 0.335 e. The van der Waals surface area contributed by atoms with Gasteiger partial charge in [0, 0.05) is 5.02 Å². The number of benzene rings is 1. The first-order valence-corrected chi connectivity index (χ1v) is 6.05. The van der Waals surface area contributed by atoms with Crippen molar-refractivity contribution in [2.24, 2.45) is 0 Å². The van der Waals surface area contributed by atoms with Crippen molar-refractivity contribution in [3.8, 4) is 0 Å². The molecule has 0 amide bonds. The van der Waals surface area contributed by atoms with Crippen molar-refractivity contribution in [1.29, 1.82) is 0 Å². The van der Waals surface area contributed by atoms with Crippen molar-refractivity contribution >= 4 is 17.6 Å². The van der Waals surface area contributed by atoms with Gasteiger partial charge in [-0.05, 0) is 31.0 Å². The molecule has 0 saturated carbocycles. The monoisotopic (exact) mass is 256 g/mol. The van der Waals surface area contributed by atoms with Gasteiger partial charge in [0.1, 0.15) is 0 Å². The highest BCUT2D eigenvalue weighted by molar-refractivity contribution is 6.31. The van der Waals surface area contributed by atoms with E-state index in [-0.39, 0.29) is 11.7 Å². The summed E-state index contributed by atoms with van der Waals surface area (Å²) < 4.78 is 5.62. The van der Waals surface area contributed by atoms with E-state index < -0.39 is 5.97 Å². The Labute approximate surface area is 106 Å². The highest BCUT2D eigenvalue weighted by atomic mass is 35.5. The van der Waals surface area contributed by atoms with E-state index in [1.807, 2.05) is 6.92 Å². The maximum atomic E-state index is 10.7. The van der Waals surface area contributed by atoms with E-state index in [2.05, 4.69) is 6.92 Å². The summed E-state index contributed by atoms with van der Waals surface area (Å²) >= 11 is 5.99. The van der Waals surface area contributed by atoms with Gasteiger partial charge >= 0.3 is 5.97 Å². The minimum Gasteiger partial charge on any atom is -0.478 e. The topological polar surface area (TPSA) is 46.5 Å². The van der Waals surface area contributed by atoms with Gasteiger partial charge in [0.2, 0.25) is 0 Å². The van der Waals surface area contributed by atoms with Gasteiger partial charge in [-0.3, -0.25) is 0 Å². The first kappa shape index (κ1) is 14.0. The first-order chi connectivity index (χ1) is 8.04. The number of carboxylic acids is 1. The molecular formula is C13H17ClO3. The lowest BCUT2D eigenvalue weighted by Crippen LogP contribution is -2.08. The Morgan fingerprint density at radius 1 is 1.53 bits per heavy atom. The molecule has 0 heterocycles. The van der Waals surface area contributed by atoms with Crippen LogP contribution >= 0.6 is 11.6 Å². The van der Waals surface area contributed by atoms with Crippen LogP contribution in [-0.4, -0.2) is 17.2 Å². The maximum absolute atomic E-state index is 10.7. The Kier molecular flexibility index (Phi) is 5.45. The fourth-order valence-corrected chi connectivity index (χ4v) is 1.75. The second-order valence-electron chi connectivity index (χ2n) is 4.02.